The number of hydrogen-bond acceptors (Lipinski definition) is 0. The summed E-state index contributed by atoms with van der Waals surface area (Å²) in [5.74, 6) is -0.140. The molecule has 0 saturated heterocycles. The number of hydrogen-bond donors (Lipinski definition) is 0. The Balaban J connectivity index is 2.39. The maximum Gasteiger partial charge on any atom is 0.123 e. The maximum atomic E-state index is 13.0. The standard InChI is InChI=1S/C12H13F/c1-12(7-2-3-8-12)10-5-4-6-11(13)9-10/h2,4-7,9H,3,8H2,1H3/t12-/m0/s1. The molecule has 1 atom stereocenters. The highest BCUT2D eigenvalue weighted by Crippen LogP contribution is 2.35. The van der Waals surface area contributed by atoms with E-state index in [4.69, 9.17) is 0 Å². The maximum absolute atomic E-state index is 13.0. The van der Waals surface area contributed by atoms with Crippen LogP contribution in [0.1, 0.15) is 25.3 Å². The van der Waals surface area contributed by atoms with Gasteiger partial charge in [0.05, 0.1) is 0 Å². The van der Waals surface area contributed by atoms with Crippen LogP contribution in [-0.4, -0.2) is 0 Å². The highest BCUT2D eigenvalue weighted by atomic mass is 19.1. The fourth-order valence-corrected chi connectivity index (χ4v) is 1.89. The van der Waals surface area contributed by atoms with Crippen molar-refractivity contribution in [1.29, 1.82) is 0 Å². The predicted molar refractivity (Wildman–Crippen MR) is 52.1 cm³/mol. The van der Waals surface area contributed by atoms with Gasteiger partial charge in [-0.3, -0.25) is 0 Å². The van der Waals surface area contributed by atoms with E-state index in [0.717, 1.165) is 18.4 Å². The molecule has 0 radical (unpaired) electrons. The summed E-state index contributed by atoms with van der Waals surface area (Å²) in [5, 5.41) is 0. The van der Waals surface area contributed by atoms with Crippen molar-refractivity contribution >= 4 is 0 Å². The molecule has 0 aliphatic heterocycles. The van der Waals surface area contributed by atoms with E-state index in [9.17, 15) is 4.39 Å². The van der Waals surface area contributed by atoms with E-state index >= 15 is 0 Å². The van der Waals surface area contributed by atoms with Crippen LogP contribution in [0.4, 0.5) is 4.39 Å². The zero-order chi connectivity index (χ0) is 9.31. The molecule has 0 saturated carbocycles. The Morgan fingerprint density at radius 3 is 2.85 bits per heavy atom. The third kappa shape index (κ3) is 1.51. The van der Waals surface area contributed by atoms with Crippen LogP contribution in [0.3, 0.4) is 0 Å². The van der Waals surface area contributed by atoms with Crippen molar-refractivity contribution in [3.63, 3.8) is 0 Å². The largest absolute Gasteiger partial charge is 0.207 e. The van der Waals surface area contributed by atoms with Gasteiger partial charge >= 0.3 is 0 Å². The van der Waals surface area contributed by atoms with E-state index in [1.807, 2.05) is 6.07 Å². The molecule has 1 aromatic carbocycles. The van der Waals surface area contributed by atoms with E-state index < -0.39 is 0 Å². The topological polar surface area (TPSA) is 0 Å². The molecule has 0 bridgehead atoms. The fourth-order valence-electron chi connectivity index (χ4n) is 1.89. The van der Waals surface area contributed by atoms with E-state index in [2.05, 4.69) is 19.1 Å². The van der Waals surface area contributed by atoms with Gasteiger partial charge in [0.2, 0.25) is 0 Å². The average Bonchev–Trinajstić information content (AvgIpc) is 2.54. The second-order valence-corrected chi connectivity index (χ2v) is 3.87. The van der Waals surface area contributed by atoms with Crippen molar-refractivity contribution < 1.29 is 4.39 Å². The molecule has 2 rings (SSSR count). The fraction of sp³-hybridized carbons (Fsp3) is 0.333. The molecule has 0 nitrogen and oxygen atoms in total. The molecule has 1 aromatic rings. The lowest BCUT2D eigenvalue weighted by Gasteiger charge is -2.22. The molecule has 0 unspecified atom stereocenters. The van der Waals surface area contributed by atoms with Crippen LogP contribution in [0.5, 0.6) is 0 Å². The Bertz CT molecular complexity index is 341. The Morgan fingerprint density at radius 2 is 2.23 bits per heavy atom. The second-order valence-electron chi connectivity index (χ2n) is 3.87. The monoisotopic (exact) mass is 176 g/mol. The van der Waals surface area contributed by atoms with Crippen molar-refractivity contribution in [2.75, 3.05) is 0 Å². The van der Waals surface area contributed by atoms with Crippen molar-refractivity contribution in [2.45, 2.75) is 25.2 Å². The summed E-state index contributed by atoms with van der Waals surface area (Å²) >= 11 is 0. The molecule has 0 amide bonds. The minimum atomic E-state index is -0.140. The molecule has 0 fully saturated rings. The Morgan fingerprint density at radius 1 is 1.38 bits per heavy atom. The summed E-state index contributed by atoms with van der Waals surface area (Å²) in [6, 6.07) is 6.90. The number of rotatable bonds is 1. The van der Waals surface area contributed by atoms with Crippen LogP contribution >= 0.6 is 0 Å². The summed E-state index contributed by atoms with van der Waals surface area (Å²) < 4.78 is 13.0. The minimum Gasteiger partial charge on any atom is -0.207 e. The van der Waals surface area contributed by atoms with Crippen molar-refractivity contribution in [1.82, 2.24) is 0 Å². The van der Waals surface area contributed by atoms with Crippen LogP contribution in [0.25, 0.3) is 0 Å². The van der Waals surface area contributed by atoms with Crippen LogP contribution in [0.2, 0.25) is 0 Å². The Hall–Kier alpha value is -1.11. The van der Waals surface area contributed by atoms with E-state index in [0.29, 0.717) is 0 Å². The van der Waals surface area contributed by atoms with Gasteiger partial charge in [-0.15, -0.1) is 0 Å². The number of allylic oxidation sites excluding steroid dienone is 2. The molecular weight excluding hydrogens is 163 g/mol. The van der Waals surface area contributed by atoms with Crippen LogP contribution in [0.15, 0.2) is 36.4 Å². The van der Waals surface area contributed by atoms with Gasteiger partial charge in [0.15, 0.2) is 0 Å². The summed E-state index contributed by atoms with van der Waals surface area (Å²) in [4.78, 5) is 0. The first-order valence-corrected chi connectivity index (χ1v) is 4.64. The Kier molecular flexibility index (Phi) is 1.95. The molecule has 68 valence electrons. The number of benzene rings is 1. The van der Waals surface area contributed by atoms with E-state index in [1.54, 1.807) is 12.1 Å². The van der Waals surface area contributed by atoms with Gasteiger partial charge in [0.1, 0.15) is 5.82 Å². The first kappa shape index (κ1) is 8.49. The number of halogens is 1. The van der Waals surface area contributed by atoms with Crippen molar-refractivity contribution in [2.24, 2.45) is 0 Å². The van der Waals surface area contributed by atoms with Crippen LogP contribution < -0.4 is 0 Å². The summed E-state index contributed by atoms with van der Waals surface area (Å²) in [5.41, 5.74) is 1.14. The average molecular weight is 176 g/mol. The van der Waals surface area contributed by atoms with Gasteiger partial charge in [-0.2, -0.15) is 0 Å². The Labute approximate surface area is 78.1 Å². The molecular formula is C12H13F. The van der Waals surface area contributed by atoms with Crippen LogP contribution in [0, 0.1) is 5.82 Å². The molecule has 0 spiro atoms. The van der Waals surface area contributed by atoms with Gasteiger partial charge in [-0.1, -0.05) is 31.2 Å². The smallest absolute Gasteiger partial charge is 0.123 e. The molecule has 1 aliphatic rings. The highest BCUT2D eigenvalue weighted by Gasteiger charge is 2.25. The third-order valence-corrected chi connectivity index (χ3v) is 2.80. The SMILES string of the molecule is C[C@]1(c2cccc(F)c2)C=CCC1. The molecule has 0 N–H and O–H groups in total. The third-order valence-electron chi connectivity index (χ3n) is 2.80. The van der Waals surface area contributed by atoms with Gasteiger partial charge in [0.25, 0.3) is 0 Å². The van der Waals surface area contributed by atoms with E-state index in [1.165, 1.54) is 6.07 Å². The summed E-state index contributed by atoms with van der Waals surface area (Å²) in [6.45, 7) is 2.16. The van der Waals surface area contributed by atoms with Gasteiger partial charge in [0, 0.05) is 5.41 Å². The summed E-state index contributed by atoms with van der Waals surface area (Å²) in [6.07, 6.45) is 6.55. The van der Waals surface area contributed by atoms with Crippen LogP contribution in [-0.2, 0) is 5.41 Å². The molecule has 1 heteroatoms. The second kappa shape index (κ2) is 2.99. The van der Waals surface area contributed by atoms with E-state index in [-0.39, 0.29) is 11.2 Å². The van der Waals surface area contributed by atoms with Gasteiger partial charge in [-0.05, 0) is 30.5 Å². The zero-order valence-electron chi connectivity index (χ0n) is 7.76. The predicted octanol–water partition coefficient (Wildman–Crippen LogP) is 3.43. The first-order valence-electron chi connectivity index (χ1n) is 4.64. The lowest BCUT2D eigenvalue weighted by Crippen LogP contribution is -2.15. The molecule has 0 heterocycles. The lowest BCUT2D eigenvalue weighted by atomic mass is 9.82. The first-order chi connectivity index (χ1) is 6.21. The highest BCUT2D eigenvalue weighted by molar-refractivity contribution is 5.32. The minimum absolute atomic E-state index is 0.0576. The molecule has 13 heavy (non-hydrogen) atoms. The van der Waals surface area contributed by atoms with Gasteiger partial charge < -0.3 is 0 Å². The lowest BCUT2D eigenvalue weighted by molar-refractivity contribution is 0.566. The molecule has 0 aromatic heterocycles. The van der Waals surface area contributed by atoms with Crippen molar-refractivity contribution in [3.05, 3.63) is 47.8 Å². The zero-order valence-corrected chi connectivity index (χ0v) is 7.76. The normalized spacial score (nSPS) is 26.6. The quantitative estimate of drug-likeness (QED) is 0.575. The van der Waals surface area contributed by atoms with Crippen molar-refractivity contribution in [3.8, 4) is 0 Å². The molecule has 1 aliphatic carbocycles. The summed E-state index contributed by atoms with van der Waals surface area (Å²) in [7, 11) is 0. The van der Waals surface area contributed by atoms with Gasteiger partial charge in [-0.25, -0.2) is 4.39 Å².